The largest absolute Gasteiger partial charge is 0.394 e. The quantitative estimate of drug-likeness (QED) is 0.0238. The molecular weight excluding hydrogens is 1060 g/mol. The summed E-state index contributed by atoms with van der Waals surface area (Å²) in [5.74, 6) is -0.404. The van der Waals surface area contributed by atoms with Crippen molar-refractivity contribution in [2.75, 3.05) is 26.4 Å². The van der Waals surface area contributed by atoms with Gasteiger partial charge in [0.2, 0.25) is 5.91 Å². The van der Waals surface area contributed by atoms with Crippen molar-refractivity contribution in [3.8, 4) is 0 Å². The van der Waals surface area contributed by atoms with Crippen molar-refractivity contribution in [1.29, 1.82) is 0 Å². The van der Waals surface area contributed by atoms with Gasteiger partial charge < -0.3 is 89.9 Å². The fourth-order valence-electron chi connectivity index (χ4n) is 10.2. The van der Waals surface area contributed by atoms with Gasteiger partial charge in [0.15, 0.2) is 18.9 Å². The number of carbonyl (C=O) groups is 1. The van der Waals surface area contributed by atoms with Crippen LogP contribution in [0, 0.1) is 0 Å². The molecule has 82 heavy (non-hydrogen) atoms. The van der Waals surface area contributed by atoms with Crippen LogP contribution in [0.25, 0.3) is 0 Å². The SMILES string of the molecule is CC/C=C\C/C=C\C/C=C\C/C=C\C/C=C\CC(=O)NC(COC1OC(CO)C(OC2OC(CO)C(OC3OC(CO)C(O)C(O)C3O)C(O)C2O)C(O)C1O)C(O)/C=C/CCCCCCCCCCCCCCCCCCCCCC. The average Bonchev–Trinajstić information content (AvgIpc) is 3.40. The number of rotatable bonds is 45. The van der Waals surface area contributed by atoms with Crippen LogP contribution < -0.4 is 5.32 Å². The molecule has 3 aliphatic heterocycles. The fourth-order valence-corrected chi connectivity index (χ4v) is 10.2. The summed E-state index contributed by atoms with van der Waals surface area (Å²) in [5, 5.41) is 120. The Morgan fingerprint density at radius 3 is 1.27 bits per heavy atom. The van der Waals surface area contributed by atoms with Crippen molar-refractivity contribution < 1.29 is 89.4 Å². The third-order valence-corrected chi connectivity index (χ3v) is 15.3. The zero-order chi connectivity index (χ0) is 59.7. The lowest BCUT2D eigenvalue weighted by molar-refractivity contribution is -0.379. The van der Waals surface area contributed by atoms with Crippen LogP contribution in [-0.4, -0.2) is 193 Å². The summed E-state index contributed by atoms with van der Waals surface area (Å²) < 4.78 is 34.2. The van der Waals surface area contributed by atoms with Crippen LogP contribution >= 0.6 is 0 Å². The van der Waals surface area contributed by atoms with Crippen LogP contribution in [0.1, 0.15) is 187 Å². The molecule has 3 fully saturated rings. The minimum absolute atomic E-state index is 0.00821. The summed E-state index contributed by atoms with van der Waals surface area (Å²) >= 11 is 0. The lowest BCUT2D eigenvalue weighted by Gasteiger charge is -2.48. The number of allylic oxidation sites excluding steroid dienone is 10. The molecule has 3 heterocycles. The average molecular weight is 1170 g/mol. The van der Waals surface area contributed by atoms with E-state index in [1.807, 2.05) is 18.2 Å². The number of amides is 1. The van der Waals surface area contributed by atoms with E-state index >= 15 is 0 Å². The van der Waals surface area contributed by atoms with E-state index in [1.54, 1.807) is 12.2 Å². The first-order valence-corrected chi connectivity index (χ1v) is 31.2. The molecule has 3 aliphatic rings. The molecule has 0 bridgehead atoms. The van der Waals surface area contributed by atoms with Crippen LogP contribution in [0.5, 0.6) is 0 Å². The molecule has 0 aromatic carbocycles. The molecule has 0 aromatic rings. The van der Waals surface area contributed by atoms with Gasteiger partial charge in [-0.3, -0.25) is 4.79 Å². The number of nitrogens with one attached hydrogen (secondary N) is 1. The Balaban J connectivity index is 1.51. The highest BCUT2D eigenvalue weighted by atomic mass is 16.8. The molecule has 19 nitrogen and oxygen atoms in total. The van der Waals surface area contributed by atoms with Gasteiger partial charge in [-0.05, 0) is 44.9 Å². The lowest BCUT2D eigenvalue weighted by Crippen LogP contribution is -2.66. The van der Waals surface area contributed by atoms with Crippen molar-refractivity contribution >= 4 is 5.91 Å². The molecule has 3 saturated heterocycles. The fraction of sp³-hybridized carbons (Fsp3) is 0.794. The van der Waals surface area contributed by atoms with Gasteiger partial charge in [-0.1, -0.05) is 209 Å². The van der Waals surface area contributed by atoms with Gasteiger partial charge in [0.1, 0.15) is 73.2 Å². The molecule has 0 aromatic heterocycles. The van der Waals surface area contributed by atoms with Crippen LogP contribution in [0.4, 0.5) is 0 Å². The van der Waals surface area contributed by atoms with E-state index < -0.39 is 137 Å². The van der Waals surface area contributed by atoms with Gasteiger partial charge in [0.25, 0.3) is 0 Å². The van der Waals surface area contributed by atoms with Crippen molar-refractivity contribution in [2.24, 2.45) is 0 Å². The highest BCUT2D eigenvalue weighted by Gasteiger charge is 2.53. The maximum atomic E-state index is 13.3. The van der Waals surface area contributed by atoms with Crippen LogP contribution in [-0.2, 0) is 33.2 Å². The molecule has 17 atom stereocenters. The van der Waals surface area contributed by atoms with Gasteiger partial charge in [-0.25, -0.2) is 0 Å². The number of hydrogen-bond donors (Lipinski definition) is 12. The van der Waals surface area contributed by atoms with Crippen LogP contribution in [0.3, 0.4) is 0 Å². The van der Waals surface area contributed by atoms with Gasteiger partial charge in [0.05, 0.1) is 38.6 Å². The summed E-state index contributed by atoms with van der Waals surface area (Å²) in [7, 11) is 0. The molecule has 0 aliphatic carbocycles. The number of unbranched alkanes of at least 4 members (excludes halogenated alkanes) is 20. The van der Waals surface area contributed by atoms with Crippen molar-refractivity contribution in [1.82, 2.24) is 5.32 Å². The number of carbonyl (C=O) groups excluding carboxylic acids is 1. The van der Waals surface area contributed by atoms with Crippen molar-refractivity contribution in [3.05, 3.63) is 72.9 Å². The Labute approximate surface area is 489 Å². The molecule has 3 rings (SSSR count). The minimum Gasteiger partial charge on any atom is -0.394 e. The topological polar surface area (TPSA) is 307 Å². The summed E-state index contributed by atoms with van der Waals surface area (Å²) in [6.07, 6.45) is 27.7. The second-order valence-electron chi connectivity index (χ2n) is 22.2. The van der Waals surface area contributed by atoms with E-state index in [0.717, 1.165) is 51.4 Å². The van der Waals surface area contributed by atoms with Gasteiger partial charge in [-0.15, -0.1) is 0 Å². The Hall–Kier alpha value is -2.77. The summed E-state index contributed by atoms with van der Waals surface area (Å²) in [4.78, 5) is 13.3. The summed E-state index contributed by atoms with van der Waals surface area (Å²) in [6.45, 7) is 1.53. The van der Waals surface area contributed by atoms with Crippen molar-refractivity contribution in [2.45, 2.75) is 291 Å². The van der Waals surface area contributed by atoms with E-state index in [0.29, 0.717) is 6.42 Å². The molecule has 0 radical (unpaired) electrons. The first-order valence-electron chi connectivity index (χ1n) is 31.2. The minimum atomic E-state index is -1.99. The van der Waals surface area contributed by atoms with E-state index in [4.69, 9.17) is 28.4 Å². The number of ether oxygens (including phenoxy) is 6. The molecular formula is C63H109NO18. The Kier molecular flexibility index (Phi) is 40.8. The van der Waals surface area contributed by atoms with E-state index in [1.165, 1.54) is 109 Å². The van der Waals surface area contributed by atoms with Gasteiger partial charge in [-0.2, -0.15) is 0 Å². The number of aliphatic hydroxyl groups is 11. The Morgan fingerprint density at radius 2 is 0.829 bits per heavy atom. The predicted molar refractivity (Wildman–Crippen MR) is 314 cm³/mol. The van der Waals surface area contributed by atoms with Gasteiger partial charge >= 0.3 is 0 Å². The first-order chi connectivity index (χ1) is 39.8. The lowest BCUT2D eigenvalue weighted by atomic mass is 9.96. The van der Waals surface area contributed by atoms with Crippen LogP contribution in [0.15, 0.2) is 72.9 Å². The Morgan fingerprint density at radius 1 is 0.451 bits per heavy atom. The Bertz CT molecular complexity index is 1780. The maximum Gasteiger partial charge on any atom is 0.224 e. The number of hydrogen-bond acceptors (Lipinski definition) is 18. The molecule has 0 spiro atoms. The molecule has 474 valence electrons. The molecule has 0 saturated carbocycles. The zero-order valence-electron chi connectivity index (χ0n) is 49.4. The third-order valence-electron chi connectivity index (χ3n) is 15.3. The van der Waals surface area contributed by atoms with Crippen LogP contribution in [0.2, 0.25) is 0 Å². The van der Waals surface area contributed by atoms with E-state index in [9.17, 15) is 61.0 Å². The van der Waals surface area contributed by atoms with E-state index in [2.05, 4.69) is 61.7 Å². The van der Waals surface area contributed by atoms with E-state index in [-0.39, 0.29) is 6.42 Å². The summed E-state index contributed by atoms with van der Waals surface area (Å²) in [6, 6.07) is -1.03. The van der Waals surface area contributed by atoms with Gasteiger partial charge in [0, 0.05) is 6.42 Å². The maximum absolute atomic E-state index is 13.3. The predicted octanol–water partition coefficient (Wildman–Crippen LogP) is 6.21. The zero-order valence-corrected chi connectivity index (χ0v) is 49.4. The van der Waals surface area contributed by atoms with Crippen molar-refractivity contribution in [3.63, 3.8) is 0 Å². The second kappa shape index (κ2) is 45.5. The normalized spacial score (nSPS) is 30.1. The standard InChI is InChI=1S/C63H109NO18/c1-3-5-7-9-11-13-15-17-19-20-21-22-23-24-25-27-28-30-32-34-36-38-40-47(68)46(64-51(69)41-39-37-35-33-31-29-26-18-16-14-12-10-8-6-4-2)45-77-61-57(75)54(72)59(49(43-66)79-61)82-63-58(76)55(73)60(50(44-67)80-63)81-62-56(74)53(71)52(70)48(42-65)78-62/h6,8,12,14,18,26,31,33,37-40,46-50,52-63,65-68,70-76H,3-5,7,9-11,13,15-17,19-25,27-30,32,34-36,41-45H2,1-2H3,(H,64,69)/b8-6-,14-12-,26-18-,33-31-,39-37-,40-38+. The first kappa shape index (κ1) is 73.5. The highest BCUT2D eigenvalue weighted by molar-refractivity contribution is 5.77. The molecule has 17 unspecified atom stereocenters. The molecule has 12 N–H and O–H groups in total. The molecule has 19 heteroatoms. The molecule has 1 amide bonds. The monoisotopic (exact) mass is 1170 g/mol. The number of aliphatic hydroxyl groups excluding tert-OH is 11. The smallest absolute Gasteiger partial charge is 0.224 e. The summed E-state index contributed by atoms with van der Waals surface area (Å²) in [5.41, 5.74) is 0. The second-order valence-corrected chi connectivity index (χ2v) is 22.2. The third kappa shape index (κ3) is 28.6. The highest BCUT2D eigenvalue weighted by Crippen LogP contribution is 2.33.